The fourth-order valence-corrected chi connectivity index (χ4v) is 1.93. The maximum absolute atomic E-state index is 11.0. The Morgan fingerprint density at radius 1 is 1.10 bits per heavy atom. The van der Waals surface area contributed by atoms with E-state index in [1.807, 2.05) is 0 Å². The van der Waals surface area contributed by atoms with Crippen LogP contribution in [0, 0.1) is 0 Å². The molecule has 0 aromatic heterocycles. The van der Waals surface area contributed by atoms with Crippen LogP contribution in [0.25, 0.3) is 0 Å². The van der Waals surface area contributed by atoms with Crippen molar-refractivity contribution in [2.45, 2.75) is 0 Å². The molecule has 0 fully saturated rings. The molecule has 6 heteroatoms. The van der Waals surface area contributed by atoms with E-state index < -0.39 is 5.91 Å². The van der Waals surface area contributed by atoms with E-state index >= 15 is 0 Å². The summed E-state index contributed by atoms with van der Waals surface area (Å²) in [7, 11) is 0. The molecule has 0 aliphatic carbocycles. The van der Waals surface area contributed by atoms with Crippen LogP contribution in [-0.2, 0) is 0 Å². The van der Waals surface area contributed by atoms with E-state index in [1.54, 1.807) is 42.5 Å². The lowest BCUT2D eigenvalue weighted by Gasteiger charge is -2.11. The number of amides is 1. The van der Waals surface area contributed by atoms with Crippen LogP contribution in [0.15, 0.2) is 42.5 Å². The van der Waals surface area contributed by atoms with Gasteiger partial charge in [-0.25, -0.2) is 0 Å². The van der Waals surface area contributed by atoms with E-state index in [0.29, 0.717) is 27.6 Å². The van der Waals surface area contributed by atoms with Crippen molar-refractivity contribution in [3.05, 3.63) is 58.6 Å². The van der Waals surface area contributed by atoms with Crippen LogP contribution in [0.4, 0.5) is 0 Å². The lowest BCUT2D eigenvalue weighted by atomic mass is 10.2. The highest BCUT2D eigenvalue weighted by Gasteiger charge is 2.09. The molecule has 4 N–H and O–H groups in total. The average Bonchev–Trinajstić information content (AvgIpc) is 2.39. The first-order chi connectivity index (χ1) is 9.47. The van der Waals surface area contributed by atoms with Gasteiger partial charge in [0.05, 0.1) is 5.56 Å². The van der Waals surface area contributed by atoms with Crippen molar-refractivity contribution in [3.8, 4) is 11.5 Å². The summed E-state index contributed by atoms with van der Waals surface area (Å²) in [6.45, 7) is 0. The van der Waals surface area contributed by atoms with Gasteiger partial charge in [-0.3, -0.25) is 4.79 Å². The molecule has 1 amide bonds. The molecule has 20 heavy (non-hydrogen) atoms. The third kappa shape index (κ3) is 3.26. The van der Waals surface area contributed by atoms with Crippen molar-refractivity contribution < 1.29 is 9.53 Å². The Kier molecular flexibility index (Phi) is 4.22. The number of nitrogens with two attached hydrogens (primary N) is 2. The summed E-state index contributed by atoms with van der Waals surface area (Å²) in [5.74, 6) is 0.481. The number of carbonyl (C=O) groups excluding carboxylic acids is 1. The Morgan fingerprint density at radius 3 is 2.30 bits per heavy atom. The van der Waals surface area contributed by atoms with Crippen LogP contribution in [0.5, 0.6) is 11.5 Å². The van der Waals surface area contributed by atoms with Crippen LogP contribution >= 0.6 is 23.8 Å². The first-order valence-corrected chi connectivity index (χ1v) is 6.43. The summed E-state index contributed by atoms with van der Waals surface area (Å²) >= 11 is 10.9. The second kappa shape index (κ2) is 5.90. The van der Waals surface area contributed by atoms with Crippen LogP contribution < -0.4 is 16.2 Å². The van der Waals surface area contributed by atoms with Gasteiger partial charge in [0.15, 0.2) is 0 Å². The number of hydrogen-bond donors (Lipinski definition) is 2. The van der Waals surface area contributed by atoms with Crippen LogP contribution in [-0.4, -0.2) is 10.9 Å². The lowest BCUT2D eigenvalue weighted by molar-refractivity contribution is 0.100. The third-order valence-corrected chi connectivity index (χ3v) is 3.03. The molecule has 0 aliphatic heterocycles. The quantitative estimate of drug-likeness (QED) is 0.851. The lowest BCUT2D eigenvalue weighted by Crippen LogP contribution is -2.11. The first-order valence-electron chi connectivity index (χ1n) is 5.64. The minimum atomic E-state index is -0.497. The highest BCUT2D eigenvalue weighted by molar-refractivity contribution is 7.80. The topological polar surface area (TPSA) is 78.3 Å². The number of primary amides is 1. The van der Waals surface area contributed by atoms with Gasteiger partial charge in [-0.2, -0.15) is 0 Å². The van der Waals surface area contributed by atoms with Crippen LogP contribution in [0.2, 0.25) is 5.02 Å². The van der Waals surface area contributed by atoms with Crippen molar-refractivity contribution in [1.29, 1.82) is 0 Å². The van der Waals surface area contributed by atoms with Crippen molar-refractivity contribution >= 4 is 34.7 Å². The Labute approximate surface area is 126 Å². The van der Waals surface area contributed by atoms with Gasteiger partial charge >= 0.3 is 0 Å². The summed E-state index contributed by atoms with van der Waals surface area (Å²) in [6, 6.07) is 11.4. The van der Waals surface area contributed by atoms with E-state index in [4.69, 9.17) is 40.0 Å². The molecular weight excluding hydrogens is 296 g/mol. The Morgan fingerprint density at radius 2 is 1.75 bits per heavy atom. The Balaban J connectivity index is 2.31. The number of halogens is 1. The van der Waals surface area contributed by atoms with E-state index in [9.17, 15) is 4.79 Å². The molecule has 2 rings (SSSR count). The van der Waals surface area contributed by atoms with E-state index in [-0.39, 0.29) is 4.99 Å². The largest absolute Gasteiger partial charge is 0.457 e. The predicted molar refractivity (Wildman–Crippen MR) is 82.4 cm³/mol. The highest BCUT2D eigenvalue weighted by Crippen LogP contribution is 2.28. The van der Waals surface area contributed by atoms with Crippen molar-refractivity contribution in [3.63, 3.8) is 0 Å². The van der Waals surface area contributed by atoms with E-state index in [2.05, 4.69) is 0 Å². The number of carbonyl (C=O) groups is 1. The standard InChI is InChI=1S/C14H11ClN2O2S/c15-9-3-6-11(14(17)20)12(7-9)19-10-4-1-8(2-5-10)13(16)18/h1-7H,(H2,16,18)(H2,17,20). The Bertz CT molecular complexity index is 671. The maximum Gasteiger partial charge on any atom is 0.248 e. The molecule has 0 spiro atoms. The van der Waals surface area contributed by atoms with Gasteiger partial charge in [-0.05, 0) is 36.4 Å². The van der Waals surface area contributed by atoms with Crippen LogP contribution in [0.1, 0.15) is 15.9 Å². The van der Waals surface area contributed by atoms with Crippen molar-refractivity contribution in [1.82, 2.24) is 0 Å². The second-order valence-electron chi connectivity index (χ2n) is 4.00. The molecule has 2 aromatic carbocycles. The number of benzene rings is 2. The van der Waals surface area contributed by atoms with Gasteiger partial charge < -0.3 is 16.2 Å². The normalized spacial score (nSPS) is 10.1. The minimum absolute atomic E-state index is 0.213. The fraction of sp³-hybridized carbons (Fsp3) is 0. The minimum Gasteiger partial charge on any atom is -0.457 e. The number of thiocarbonyl (C=S) groups is 1. The van der Waals surface area contributed by atoms with Crippen molar-refractivity contribution in [2.24, 2.45) is 11.5 Å². The molecule has 2 aromatic rings. The zero-order valence-electron chi connectivity index (χ0n) is 10.3. The second-order valence-corrected chi connectivity index (χ2v) is 4.87. The van der Waals surface area contributed by atoms with Gasteiger partial charge in [0.25, 0.3) is 0 Å². The van der Waals surface area contributed by atoms with Gasteiger partial charge in [0.2, 0.25) is 5.91 Å². The molecule has 4 nitrogen and oxygen atoms in total. The number of rotatable bonds is 4. The van der Waals surface area contributed by atoms with Gasteiger partial charge in [-0.15, -0.1) is 0 Å². The molecule has 0 unspecified atom stereocenters. The average molecular weight is 307 g/mol. The first kappa shape index (κ1) is 14.3. The molecule has 0 saturated carbocycles. The maximum atomic E-state index is 11.0. The van der Waals surface area contributed by atoms with Gasteiger partial charge in [0.1, 0.15) is 16.5 Å². The summed E-state index contributed by atoms with van der Waals surface area (Å²) < 4.78 is 5.68. The molecule has 0 radical (unpaired) electrons. The summed E-state index contributed by atoms with van der Waals surface area (Å²) in [5.41, 5.74) is 11.8. The molecule has 0 heterocycles. The highest BCUT2D eigenvalue weighted by atomic mass is 35.5. The summed E-state index contributed by atoms with van der Waals surface area (Å²) in [4.78, 5) is 11.2. The number of hydrogen-bond acceptors (Lipinski definition) is 3. The monoisotopic (exact) mass is 306 g/mol. The number of ether oxygens (including phenoxy) is 1. The van der Waals surface area contributed by atoms with E-state index in [1.165, 1.54) is 0 Å². The molecule has 0 bridgehead atoms. The fourth-order valence-electron chi connectivity index (χ4n) is 1.60. The molecule has 102 valence electrons. The van der Waals surface area contributed by atoms with Crippen molar-refractivity contribution in [2.75, 3.05) is 0 Å². The third-order valence-electron chi connectivity index (χ3n) is 2.58. The predicted octanol–water partition coefficient (Wildman–Crippen LogP) is 2.87. The van der Waals surface area contributed by atoms with Gasteiger partial charge in [0, 0.05) is 16.7 Å². The smallest absolute Gasteiger partial charge is 0.248 e. The zero-order chi connectivity index (χ0) is 14.7. The molecule has 0 aliphatic rings. The zero-order valence-corrected chi connectivity index (χ0v) is 11.9. The van der Waals surface area contributed by atoms with E-state index in [0.717, 1.165) is 0 Å². The molecular formula is C14H11ClN2O2S. The molecule has 0 atom stereocenters. The van der Waals surface area contributed by atoms with Gasteiger partial charge in [-0.1, -0.05) is 23.8 Å². The summed E-state index contributed by atoms with van der Waals surface area (Å²) in [5, 5.41) is 0.508. The van der Waals surface area contributed by atoms with Crippen LogP contribution in [0.3, 0.4) is 0 Å². The molecule has 0 saturated heterocycles. The Hall–Kier alpha value is -2.11. The SMILES string of the molecule is NC(=O)c1ccc(Oc2cc(Cl)ccc2C(N)=S)cc1. The summed E-state index contributed by atoms with van der Waals surface area (Å²) in [6.07, 6.45) is 0.